The second-order valence-corrected chi connectivity index (χ2v) is 10.0. The summed E-state index contributed by atoms with van der Waals surface area (Å²) >= 11 is 3.56. The minimum absolute atomic E-state index is 0.0356. The topological polar surface area (TPSA) is 65.8 Å². The lowest BCUT2D eigenvalue weighted by Crippen LogP contribution is -2.56. The monoisotopic (exact) mass is 473 g/mol. The normalized spacial score (nSPS) is 24.7. The third-order valence-electron chi connectivity index (χ3n) is 7.33. The van der Waals surface area contributed by atoms with Gasteiger partial charge in [-0.3, -0.25) is 4.79 Å². The van der Waals surface area contributed by atoms with Crippen LogP contribution in [0, 0.1) is 23.7 Å². The molecule has 0 spiro atoms. The fourth-order valence-corrected chi connectivity index (χ4v) is 5.71. The quantitative estimate of drug-likeness (QED) is 0.483. The van der Waals surface area contributed by atoms with Crippen LogP contribution >= 0.6 is 15.9 Å². The van der Waals surface area contributed by atoms with E-state index in [-0.39, 0.29) is 16.9 Å². The van der Waals surface area contributed by atoms with Gasteiger partial charge in [0.15, 0.2) is 0 Å². The molecule has 3 fully saturated rings. The molecule has 1 amide bonds. The van der Waals surface area contributed by atoms with Crippen LogP contribution in [-0.4, -0.2) is 16.4 Å². The van der Waals surface area contributed by atoms with Crippen molar-refractivity contribution >= 4 is 32.7 Å². The van der Waals surface area contributed by atoms with E-state index in [9.17, 15) is 10.1 Å². The van der Waals surface area contributed by atoms with E-state index >= 15 is 0 Å². The Labute approximate surface area is 190 Å². The van der Waals surface area contributed by atoms with Gasteiger partial charge in [-0.2, -0.15) is 5.26 Å². The zero-order valence-electron chi connectivity index (χ0n) is 17.5. The van der Waals surface area contributed by atoms with Gasteiger partial charge in [-0.25, -0.2) is 4.98 Å². The molecule has 1 aromatic heterocycles. The summed E-state index contributed by atoms with van der Waals surface area (Å²) in [6.07, 6.45) is 5.26. The molecule has 0 radical (unpaired) electrons. The molecule has 0 aliphatic heterocycles. The molecular formula is C26H24BrN3O. The van der Waals surface area contributed by atoms with Crippen molar-refractivity contribution in [3.8, 4) is 17.3 Å². The molecule has 1 heterocycles. The number of carbonyl (C=O) groups is 1. The van der Waals surface area contributed by atoms with Gasteiger partial charge in [-0.1, -0.05) is 46.3 Å². The summed E-state index contributed by atoms with van der Waals surface area (Å²) in [6, 6.07) is 18.5. The maximum atomic E-state index is 13.8. The largest absolute Gasteiger partial charge is 0.347 e. The second kappa shape index (κ2) is 7.46. The van der Waals surface area contributed by atoms with Crippen molar-refractivity contribution in [2.45, 2.75) is 51.0 Å². The van der Waals surface area contributed by atoms with Crippen LogP contribution in [0.4, 0.5) is 0 Å². The molecule has 2 bridgehead atoms. The van der Waals surface area contributed by atoms with Crippen molar-refractivity contribution in [3.05, 3.63) is 64.1 Å². The van der Waals surface area contributed by atoms with Crippen LogP contribution in [0.2, 0.25) is 0 Å². The standard InChI is InChI=1S/C26H24BrN3O/c1-17-22(24(31)30-26-12-9-25(16-28,10-13-26)11-14-26)20-15-19(27)7-8-21(20)29-23(17)18-5-3-2-4-6-18/h2-8,15H,9-14H2,1H3,(H,30,31). The molecule has 156 valence electrons. The van der Waals surface area contributed by atoms with Crippen molar-refractivity contribution in [1.29, 1.82) is 5.26 Å². The molecule has 6 rings (SSSR count). The van der Waals surface area contributed by atoms with Gasteiger partial charge in [-0.15, -0.1) is 0 Å². The average molecular weight is 474 g/mol. The third kappa shape index (κ3) is 3.43. The van der Waals surface area contributed by atoms with Gasteiger partial charge in [0.1, 0.15) is 0 Å². The van der Waals surface area contributed by atoms with Crippen molar-refractivity contribution in [3.63, 3.8) is 0 Å². The molecule has 31 heavy (non-hydrogen) atoms. The van der Waals surface area contributed by atoms with Crippen LogP contribution in [0.15, 0.2) is 53.0 Å². The zero-order valence-corrected chi connectivity index (χ0v) is 19.1. The number of nitrogens with zero attached hydrogens (tertiary/aromatic N) is 2. The molecular weight excluding hydrogens is 450 g/mol. The van der Waals surface area contributed by atoms with Crippen LogP contribution in [0.25, 0.3) is 22.2 Å². The van der Waals surface area contributed by atoms with Gasteiger partial charge in [-0.05, 0) is 69.2 Å². The number of rotatable bonds is 3. The van der Waals surface area contributed by atoms with E-state index in [2.05, 4.69) is 27.3 Å². The summed E-state index contributed by atoms with van der Waals surface area (Å²) in [5.41, 5.74) is 3.88. The number of hydrogen-bond acceptors (Lipinski definition) is 3. The predicted molar refractivity (Wildman–Crippen MR) is 126 cm³/mol. The highest BCUT2D eigenvalue weighted by Crippen LogP contribution is 2.52. The Hall–Kier alpha value is -2.71. The maximum absolute atomic E-state index is 13.8. The van der Waals surface area contributed by atoms with Gasteiger partial charge in [0.05, 0.1) is 28.3 Å². The zero-order chi connectivity index (χ0) is 21.6. The lowest BCUT2D eigenvalue weighted by molar-refractivity contribution is 0.0522. The van der Waals surface area contributed by atoms with Gasteiger partial charge in [0.25, 0.3) is 5.91 Å². The Morgan fingerprint density at radius 1 is 1.06 bits per heavy atom. The molecule has 5 heteroatoms. The van der Waals surface area contributed by atoms with Gasteiger partial charge in [0, 0.05) is 21.0 Å². The van der Waals surface area contributed by atoms with Gasteiger partial charge >= 0.3 is 0 Å². The van der Waals surface area contributed by atoms with E-state index in [4.69, 9.17) is 4.98 Å². The number of nitrogens with one attached hydrogen (secondary N) is 1. The van der Waals surface area contributed by atoms with Gasteiger partial charge < -0.3 is 5.32 Å². The fourth-order valence-electron chi connectivity index (χ4n) is 5.34. The third-order valence-corrected chi connectivity index (χ3v) is 7.82. The average Bonchev–Trinajstić information content (AvgIpc) is 2.80. The molecule has 0 saturated heterocycles. The van der Waals surface area contributed by atoms with E-state index in [0.29, 0.717) is 5.56 Å². The molecule has 4 nitrogen and oxygen atoms in total. The Bertz CT molecular complexity index is 1200. The highest BCUT2D eigenvalue weighted by Gasteiger charge is 2.49. The number of hydrogen-bond donors (Lipinski definition) is 1. The summed E-state index contributed by atoms with van der Waals surface area (Å²) in [5.74, 6) is -0.0356. The van der Waals surface area contributed by atoms with Crippen molar-refractivity contribution in [1.82, 2.24) is 10.3 Å². The van der Waals surface area contributed by atoms with Crippen molar-refractivity contribution < 1.29 is 4.79 Å². The number of benzene rings is 2. The number of carbonyl (C=O) groups excluding carboxylic acids is 1. The lowest BCUT2D eigenvalue weighted by atomic mass is 9.58. The fraction of sp³-hybridized carbons (Fsp3) is 0.346. The first-order valence-electron chi connectivity index (χ1n) is 10.8. The Kier molecular flexibility index (Phi) is 4.86. The Morgan fingerprint density at radius 2 is 1.74 bits per heavy atom. The molecule has 3 aliphatic carbocycles. The summed E-state index contributed by atoms with van der Waals surface area (Å²) in [6.45, 7) is 1.99. The van der Waals surface area contributed by atoms with E-state index in [0.717, 1.165) is 70.7 Å². The summed E-state index contributed by atoms with van der Waals surface area (Å²) in [4.78, 5) is 18.7. The molecule has 3 saturated carbocycles. The minimum Gasteiger partial charge on any atom is -0.347 e. The van der Waals surface area contributed by atoms with Crippen LogP contribution in [0.1, 0.15) is 54.4 Å². The number of nitriles is 1. The summed E-state index contributed by atoms with van der Waals surface area (Å²) in [7, 11) is 0. The van der Waals surface area contributed by atoms with Crippen LogP contribution < -0.4 is 5.32 Å². The van der Waals surface area contributed by atoms with E-state index in [1.54, 1.807) is 0 Å². The van der Waals surface area contributed by atoms with Crippen molar-refractivity contribution in [2.24, 2.45) is 5.41 Å². The first kappa shape index (κ1) is 20.2. The second-order valence-electron chi connectivity index (χ2n) is 9.11. The highest BCUT2D eigenvalue weighted by molar-refractivity contribution is 9.10. The van der Waals surface area contributed by atoms with E-state index in [1.165, 1.54) is 0 Å². The first-order valence-corrected chi connectivity index (χ1v) is 11.6. The van der Waals surface area contributed by atoms with Crippen LogP contribution in [-0.2, 0) is 0 Å². The molecule has 3 aromatic rings. The number of amides is 1. The van der Waals surface area contributed by atoms with Crippen LogP contribution in [0.5, 0.6) is 0 Å². The molecule has 0 atom stereocenters. The number of aromatic nitrogens is 1. The molecule has 3 aliphatic rings. The molecule has 1 N–H and O–H groups in total. The Balaban J connectivity index is 1.59. The smallest absolute Gasteiger partial charge is 0.252 e. The predicted octanol–water partition coefficient (Wildman–Crippen LogP) is 6.32. The lowest BCUT2D eigenvalue weighted by Gasteiger charge is -2.50. The minimum atomic E-state index is -0.198. The number of fused-ring (bicyclic) bond motifs is 4. The summed E-state index contributed by atoms with van der Waals surface area (Å²) < 4.78 is 0.926. The van der Waals surface area contributed by atoms with Crippen molar-refractivity contribution in [2.75, 3.05) is 0 Å². The van der Waals surface area contributed by atoms with Crippen LogP contribution in [0.3, 0.4) is 0 Å². The van der Waals surface area contributed by atoms with E-state index in [1.807, 2.05) is 55.5 Å². The SMILES string of the molecule is Cc1c(-c2ccccc2)nc2ccc(Br)cc2c1C(=O)NC12CCC(C#N)(CC1)CC2. The Morgan fingerprint density at radius 3 is 2.39 bits per heavy atom. The maximum Gasteiger partial charge on any atom is 0.252 e. The first-order chi connectivity index (χ1) is 14.9. The molecule has 2 aromatic carbocycles. The highest BCUT2D eigenvalue weighted by atomic mass is 79.9. The van der Waals surface area contributed by atoms with E-state index < -0.39 is 0 Å². The molecule has 0 unspecified atom stereocenters. The van der Waals surface area contributed by atoms with Gasteiger partial charge in [0.2, 0.25) is 0 Å². The number of halogens is 1. The number of pyridine rings is 1. The summed E-state index contributed by atoms with van der Waals surface area (Å²) in [5, 5.41) is 13.9.